The molecule has 0 radical (unpaired) electrons. The molecule has 0 aliphatic heterocycles. The number of carbonyl (C=O) groups excluding carboxylic acids is 2. The van der Waals surface area contributed by atoms with Gasteiger partial charge in [-0.05, 0) is 49.7 Å². The van der Waals surface area contributed by atoms with Gasteiger partial charge in [0, 0.05) is 13.1 Å². The molecule has 0 saturated heterocycles. The molecule has 0 heterocycles. The summed E-state index contributed by atoms with van der Waals surface area (Å²) < 4.78 is 44.7. The molecular weight excluding hydrogens is 447 g/mol. The molecule has 1 atom stereocenters. The van der Waals surface area contributed by atoms with Gasteiger partial charge >= 0.3 is 5.97 Å². The van der Waals surface area contributed by atoms with Crippen LogP contribution in [-0.2, 0) is 19.6 Å². The van der Waals surface area contributed by atoms with E-state index in [1.165, 1.54) is 60.9 Å². The lowest BCUT2D eigenvalue weighted by atomic mass is 10.0. The van der Waals surface area contributed by atoms with Gasteiger partial charge in [0.25, 0.3) is 5.91 Å². The Morgan fingerprint density at radius 2 is 1.77 bits per heavy atom. The fourth-order valence-electron chi connectivity index (χ4n) is 2.72. The van der Waals surface area contributed by atoms with Crippen LogP contribution in [0.1, 0.15) is 42.2 Å². The molecule has 0 aliphatic rings. The van der Waals surface area contributed by atoms with Gasteiger partial charge in [-0.15, -0.1) is 0 Å². The minimum atomic E-state index is -3.84. The molecule has 10 heteroatoms. The van der Waals surface area contributed by atoms with E-state index in [4.69, 9.17) is 11.6 Å². The molecule has 2 aromatic carbocycles. The van der Waals surface area contributed by atoms with Crippen molar-refractivity contribution in [2.24, 2.45) is 0 Å². The van der Waals surface area contributed by atoms with Crippen molar-refractivity contribution in [1.82, 2.24) is 9.62 Å². The average molecular weight is 471 g/mol. The molecule has 0 bridgehead atoms. The second-order valence-electron chi connectivity index (χ2n) is 7.11. The van der Waals surface area contributed by atoms with E-state index in [1.54, 1.807) is 13.8 Å². The quantitative estimate of drug-likeness (QED) is 0.595. The molecule has 2 rings (SSSR count). The number of benzene rings is 2. The summed E-state index contributed by atoms with van der Waals surface area (Å²) in [7, 11) is -1.19. The number of nitrogens with zero attached hydrogens (tertiary/aromatic N) is 1. The highest BCUT2D eigenvalue weighted by molar-refractivity contribution is 7.89. The van der Waals surface area contributed by atoms with Crippen molar-refractivity contribution >= 4 is 33.5 Å². The zero-order chi connectivity index (χ0) is 23.3. The van der Waals surface area contributed by atoms with Gasteiger partial charge in [-0.2, -0.15) is 4.31 Å². The minimum Gasteiger partial charge on any atom is -0.469 e. The number of ether oxygens (including phenoxy) is 1. The standard InChI is InChI=1S/C21H24ClFN2O5S/c1-13(2)25(3)31(28,29)16-9-10-18(22)17(11-16)21(27)24-19(12-20(26)30-4)14-5-7-15(23)8-6-14/h5-11,13,19H,12H2,1-4H3,(H,24,27). The molecule has 1 N–H and O–H groups in total. The SMILES string of the molecule is COC(=O)CC(NC(=O)c1cc(S(=O)(=O)N(C)C(C)C)ccc1Cl)c1ccc(F)cc1. The first-order valence-corrected chi connectivity index (χ1v) is 11.2. The third-order valence-electron chi connectivity index (χ3n) is 4.76. The summed E-state index contributed by atoms with van der Waals surface area (Å²) in [6.07, 6.45) is -0.209. The highest BCUT2D eigenvalue weighted by Crippen LogP contribution is 2.25. The fourth-order valence-corrected chi connectivity index (χ4v) is 4.31. The van der Waals surface area contributed by atoms with E-state index in [2.05, 4.69) is 10.1 Å². The number of carbonyl (C=O) groups is 2. The summed E-state index contributed by atoms with van der Waals surface area (Å²) in [6, 6.07) is 7.97. The monoisotopic (exact) mass is 470 g/mol. The zero-order valence-corrected chi connectivity index (χ0v) is 19.1. The second kappa shape index (κ2) is 10.2. The van der Waals surface area contributed by atoms with Crippen LogP contribution < -0.4 is 5.32 Å². The summed E-state index contributed by atoms with van der Waals surface area (Å²) in [5.74, 6) is -1.75. The van der Waals surface area contributed by atoms with E-state index in [9.17, 15) is 22.4 Å². The van der Waals surface area contributed by atoms with E-state index < -0.39 is 33.8 Å². The largest absolute Gasteiger partial charge is 0.469 e. The van der Waals surface area contributed by atoms with Gasteiger partial charge in [-0.1, -0.05) is 23.7 Å². The first-order valence-electron chi connectivity index (χ1n) is 9.38. The van der Waals surface area contributed by atoms with E-state index >= 15 is 0 Å². The number of hydrogen-bond acceptors (Lipinski definition) is 5. The molecule has 31 heavy (non-hydrogen) atoms. The lowest BCUT2D eigenvalue weighted by Crippen LogP contribution is -2.33. The Morgan fingerprint density at radius 1 is 1.16 bits per heavy atom. The Morgan fingerprint density at radius 3 is 2.32 bits per heavy atom. The number of halogens is 2. The molecule has 0 spiro atoms. The number of amides is 1. The van der Waals surface area contributed by atoms with Crippen LogP contribution in [0.5, 0.6) is 0 Å². The molecule has 0 fully saturated rings. The molecule has 0 aliphatic carbocycles. The molecular formula is C21H24ClFN2O5S. The van der Waals surface area contributed by atoms with Crippen LogP contribution in [0.2, 0.25) is 5.02 Å². The molecule has 1 unspecified atom stereocenters. The first-order chi connectivity index (χ1) is 14.5. The minimum absolute atomic E-state index is 0.0413. The first kappa shape index (κ1) is 24.8. The summed E-state index contributed by atoms with van der Waals surface area (Å²) >= 11 is 6.16. The number of nitrogens with one attached hydrogen (secondary N) is 1. The van der Waals surface area contributed by atoms with Gasteiger partial charge in [-0.3, -0.25) is 9.59 Å². The Bertz CT molecular complexity index is 1060. The Balaban J connectivity index is 2.39. The van der Waals surface area contributed by atoms with Crippen LogP contribution in [0.3, 0.4) is 0 Å². The summed E-state index contributed by atoms with van der Waals surface area (Å²) in [6.45, 7) is 3.45. The van der Waals surface area contributed by atoms with Crippen LogP contribution in [0, 0.1) is 5.82 Å². The average Bonchev–Trinajstić information content (AvgIpc) is 2.73. The molecule has 0 aromatic heterocycles. The van der Waals surface area contributed by atoms with Crippen LogP contribution in [0.4, 0.5) is 4.39 Å². The molecule has 0 saturated carbocycles. The van der Waals surface area contributed by atoms with Gasteiger partial charge in [-0.25, -0.2) is 12.8 Å². The van der Waals surface area contributed by atoms with E-state index in [0.717, 1.165) is 0 Å². The Labute approximate surface area is 186 Å². The smallest absolute Gasteiger partial charge is 0.307 e. The number of methoxy groups -OCH3 is 1. The maximum atomic E-state index is 13.3. The highest BCUT2D eigenvalue weighted by Gasteiger charge is 2.26. The van der Waals surface area contributed by atoms with Crippen molar-refractivity contribution < 1.29 is 27.1 Å². The Kier molecular flexibility index (Phi) is 8.16. The van der Waals surface area contributed by atoms with Crippen molar-refractivity contribution in [2.75, 3.05) is 14.2 Å². The molecule has 7 nitrogen and oxygen atoms in total. The van der Waals surface area contributed by atoms with Crippen LogP contribution in [0.15, 0.2) is 47.4 Å². The van der Waals surface area contributed by atoms with Gasteiger partial charge in [0.1, 0.15) is 5.82 Å². The van der Waals surface area contributed by atoms with Crippen molar-refractivity contribution in [3.8, 4) is 0 Å². The second-order valence-corrected chi connectivity index (χ2v) is 9.52. The molecule has 1 amide bonds. The van der Waals surface area contributed by atoms with Crippen molar-refractivity contribution in [3.63, 3.8) is 0 Å². The van der Waals surface area contributed by atoms with Gasteiger partial charge in [0.2, 0.25) is 10.0 Å². The molecule has 2 aromatic rings. The van der Waals surface area contributed by atoms with E-state index in [0.29, 0.717) is 5.56 Å². The van der Waals surface area contributed by atoms with Crippen molar-refractivity contribution in [3.05, 3.63) is 64.4 Å². The number of sulfonamides is 1. The number of rotatable bonds is 8. The third-order valence-corrected chi connectivity index (χ3v) is 7.12. The number of hydrogen-bond donors (Lipinski definition) is 1. The Hall–Kier alpha value is -2.49. The topological polar surface area (TPSA) is 92.8 Å². The van der Waals surface area contributed by atoms with Gasteiger partial charge in [0.15, 0.2) is 0 Å². The summed E-state index contributed by atoms with van der Waals surface area (Å²) in [5, 5.41) is 2.69. The lowest BCUT2D eigenvalue weighted by Gasteiger charge is -2.22. The van der Waals surface area contributed by atoms with Crippen LogP contribution >= 0.6 is 11.6 Å². The molecule has 168 valence electrons. The fraction of sp³-hybridized carbons (Fsp3) is 0.333. The predicted octanol–water partition coefficient (Wildman–Crippen LogP) is 3.54. The van der Waals surface area contributed by atoms with Crippen LogP contribution in [0.25, 0.3) is 0 Å². The maximum absolute atomic E-state index is 13.3. The number of esters is 1. The summed E-state index contributed by atoms with van der Waals surface area (Å²) in [5.41, 5.74) is 0.400. The normalized spacial score (nSPS) is 12.6. The van der Waals surface area contributed by atoms with Gasteiger partial charge in [0.05, 0.1) is 35.1 Å². The lowest BCUT2D eigenvalue weighted by molar-refractivity contribution is -0.141. The zero-order valence-electron chi connectivity index (χ0n) is 17.6. The van der Waals surface area contributed by atoms with E-state index in [1.807, 2.05) is 0 Å². The van der Waals surface area contributed by atoms with Gasteiger partial charge < -0.3 is 10.1 Å². The van der Waals surface area contributed by atoms with Crippen LogP contribution in [-0.4, -0.2) is 44.8 Å². The predicted molar refractivity (Wildman–Crippen MR) is 115 cm³/mol. The van der Waals surface area contributed by atoms with E-state index in [-0.39, 0.29) is 27.9 Å². The highest BCUT2D eigenvalue weighted by atomic mass is 35.5. The van der Waals surface area contributed by atoms with Crippen molar-refractivity contribution in [2.45, 2.75) is 37.2 Å². The third kappa shape index (κ3) is 6.03. The van der Waals surface area contributed by atoms with Crippen molar-refractivity contribution in [1.29, 1.82) is 0 Å². The maximum Gasteiger partial charge on any atom is 0.307 e. The summed E-state index contributed by atoms with van der Waals surface area (Å²) in [4.78, 5) is 24.7.